The Morgan fingerprint density at radius 3 is 2.33 bits per heavy atom. The molecule has 9 nitrogen and oxygen atoms in total. The maximum Gasteiger partial charge on any atom is 0.269 e. The molecule has 0 unspecified atom stereocenters. The number of carbonyl (C=O) groups is 3. The zero-order chi connectivity index (χ0) is 19.6. The number of non-ortho nitro benzene ring substituents is 1. The van der Waals surface area contributed by atoms with Gasteiger partial charge in [-0.1, -0.05) is 11.6 Å². The first-order chi connectivity index (χ1) is 12.9. The van der Waals surface area contributed by atoms with Gasteiger partial charge in [-0.05, 0) is 36.4 Å². The van der Waals surface area contributed by atoms with E-state index in [2.05, 4.69) is 10.9 Å². The van der Waals surface area contributed by atoms with Crippen molar-refractivity contribution in [2.45, 2.75) is 12.5 Å². The molecule has 0 saturated carbocycles. The first-order valence-electron chi connectivity index (χ1n) is 7.79. The molecule has 1 heterocycles. The predicted molar refractivity (Wildman–Crippen MR) is 96.0 cm³/mol. The monoisotopic (exact) mass is 388 g/mol. The summed E-state index contributed by atoms with van der Waals surface area (Å²) in [6.07, 6.45) is -0.123. The lowest BCUT2D eigenvalue weighted by Gasteiger charge is -2.16. The molecule has 1 aliphatic heterocycles. The molecule has 1 aliphatic rings. The highest BCUT2D eigenvalue weighted by Gasteiger charge is 2.39. The van der Waals surface area contributed by atoms with E-state index in [9.17, 15) is 24.5 Å². The van der Waals surface area contributed by atoms with Gasteiger partial charge in [0.25, 0.3) is 17.5 Å². The number of rotatable bonds is 5. The molecule has 2 aromatic carbocycles. The van der Waals surface area contributed by atoms with Gasteiger partial charge in [-0.2, -0.15) is 0 Å². The Morgan fingerprint density at radius 1 is 1.11 bits per heavy atom. The minimum atomic E-state index is -0.921. The molecule has 10 heteroatoms. The van der Waals surface area contributed by atoms with Crippen molar-refractivity contribution in [3.05, 3.63) is 69.2 Å². The fourth-order valence-corrected chi connectivity index (χ4v) is 2.69. The molecule has 27 heavy (non-hydrogen) atoms. The highest BCUT2D eigenvalue weighted by atomic mass is 35.5. The molecular weight excluding hydrogens is 376 g/mol. The van der Waals surface area contributed by atoms with Crippen LogP contribution in [0.25, 0.3) is 0 Å². The SMILES string of the molecule is O=C(NN[C@H]1CC(=O)N(c2ccc(Cl)cc2)C1=O)c1ccc([N+](=O)[O-])cc1. The molecule has 0 bridgehead atoms. The molecule has 3 rings (SSSR count). The third kappa shape index (κ3) is 3.94. The number of hydrazine groups is 1. The fourth-order valence-electron chi connectivity index (χ4n) is 2.57. The lowest BCUT2D eigenvalue weighted by atomic mass is 10.2. The van der Waals surface area contributed by atoms with Gasteiger partial charge in [-0.25, -0.2) is 10.3 Å². The van der Waals surface area contributed by atoms with Crippen LogP contribution < -0.4 is 15.8 Å². The molecule has 138 valence electrons. The third-order valence-corrected chi connectivity index (χ3v) is 4.18. The number of hydrogen-bond donors (Lipinski definition) is 2. The molecular formula is C17H13ClN4O5. The molecule has 2 aromatic rings. The number of halogens is 1. The zero-order valence-electron chi connectivity index (χ0n) is 13.7. The Balaban J connectivity index is 1.63. The van der Waals surface area contributed by atoms with E-state index in [0.29, 0.717) is 10.7 Å². The van der Waals surface area contributed by atoms with E-state index in [1.807, 2.05) is 0 Å². The van der Waals surface area contributed by atoms with E-state index in [1.54, 1.807) is 24.3 Å². The van der Waals surface area contributed by atoms with Crippen LogP contribution in [-0.4, -0.2) is 28.7 Å². The Bertz CT molecular complexity index is 914. The highest BCUT2D eigenvalue weighted by molar-refractivity contribution is 6.30. The van der Waals surface area contributed by atoms with Crippen LogP contribution in [0.5, 0.6) is 0 Å². The van der Waals surface area contributed by atoms with E-state index in [1.165, 1.54) is 24.3 Å². The topological polar surface area (TPSA) is 122 Å². The van der Waals surface area contributed by atoms with Crippen LogP contribution in [0.2, 0.25) is 5.02 Å². The number of nitrogens with zero attached hydrogens (tertiary/aromatic N) is 2. The van der Waals surface area contributed by atoms with Crippen molar-refractivity contribution in [3.8, 4) is 0 Å². The largest absolute Gasteiger partial charge is 0.287 e. The van der Waals surface area contributed by atoms with E-state index in [0.717, 1.165) is 4.90 Å². The number of imide groups is 1. The predicted octanol–water partition coefficient (Wildman–Crippen LogP) is 1.81. The summed E-state index contributed by atoms with van der Waals surface area (Å²) in [5.74, 6) is -1.51. The van der Waals surface area contributed by atoms with Gasteiger partial charge in [0.15, 0.2) is 0 Å². The summed E-state index contributed by atoms with van der Waals surface area (Å²) < 4.78 is 0. The second-order valence-electron chi connectivity index (χ2n) is 5.70. The maximum absolute atomic E-state index is 12.5. The molecule has 0 aromatic heterocycles. The van der Waals surface area contributed by atoms with E-state index in [4.69, 9.17) is 11.6 Å². The van der Waals surface area contributed by atoms with Crippen LogP contribution in [0.15, 0.2) is 48.5 Å². The number of amides is 3. The minimum Gasteiger partial charge on any atom is -0.287 e. The molecule has 3 amide bonds. The Morgan fingerprint density at radius 2 is 1.74 bits per heavy atom. The number of carbonyl (C=O) groups excluding carboxylic acids is 3. The highest BCUT2D eigenvalue weighted by Crippen LogP contribution is 2.24. The van der Waals surface area contributed by atoms with Gasteiger partial charge in [0.2, 0.25) is 5.91 Å². The number of hydrogen-bond acceptors (Lipinski definition) is 6. The number of anilines is 1. The smallest absolute Gasteiger partial charge is 0.269 e. The molecule has 2 N–H and O–H groups in total. The standard InChI is InChI=1S/C17H13ClN4O5/c18-11-3-7-12(8-4-11)21-15(23)9-14(17(21)25)19-20-16(24)10-1-5-13(6-2-10)22(26)27/h1-8,14,19H,9H2,(H,20,24)/t14-/m0/s1. The number of nitrogens with one attached hydrogen (secondary N) is 2. The maximum atomic E-state index is 12.5. The molecule has 0 aliphatic carbocycles. The summed E-state index contributed by atoms with van der Waals surface area (Å²) in [5.41, 5.74) is 5.29. The van der Waals surface area contributed by atoms with Crippen molar-refractivity contribution in [2.75, 3.05) is 4.90 Å². The second kappa shape index (κ2) is 7.52. The van der Waals surface area contributed by atoms with Crippen LogP contribution >= 0.6 is 11.6 Å². The summed E-state index contributed by atoms with van der Waals surface area (Å²) in [7, 11) is 0. The van der Waals surface area contributed by atoms with Gasteiger partial charge in [-0.3, -0.25) is 29.9 Å². The fraction of sp³-hybridized carbons (Fsp3) is 0.118. The van der Waals surface area contributed by atoms with Gasteiger partial charge in [0, 0.05) is 22.7 Å². The van der Waals surface area contributed by atoms with Gasteiger partial charge in [-0.15, -0.1) is 0 Å². The van der Waals surface area contributed by atoms with Crippen molar-refractivity contribution in [3.63, 3.8) is 0 Å². The van der Waals surface area contributed by atoms with Crippen LogP contribution in [0.4, 0.5) is 11.4 Å². The lowest BCUT2D eigenvalue weighted by molar-refractivity contribution is -0.384. The van der Waals surface area contributed by atoms with Gasteiger partial charge < -0.3 is 0 Å². The summed E-state index contributed by atoms with van der Waals surface area (Å²) in [4.78, 5) is 47.8. The average molecular weight is 389 g/mol. The first-order valence-corrected chi connectivity index (χ1v) is 8.17. The summed E-state index contributed by atoms with van der Waals surface area (Å²) in [6, 6.07) is 10.3. The van der Waals surface area contributed by atoms with Crippen molar-refractivity contribution in [1.29, 1.82) is 0 Å². The molecule has 0 radical (unpaired) electrons. The van der Waals surface area contributed by atoms with E-state index >= 15 is 0 Å². The Hall–Kier alpha value is -3.30. The Kier molecular flexibility index (Phi) is 5.15. The molecule has 1 fully saturated rings. The van der Waals surface area contributed by atoms with Gasteiger partial charge >= 0.3 is 0 Å². The second-order valence-corrected chi connectivity index (χ2v) is 6.14. The number of nitro benzene ring substituents is 1. The summed E-state index contributed by atoms with van der Waals surface area (Å²) in [6.45, 7) is 0. The van der Waals surface area contributed by atoms with Crippen molar-refractivity contribution < 1.29 is 19.3 Å². The lowest BCUT2D eigenvalue weighted by Crippen LogP contribution is -2.48. The summed E-state index contributed by atoms with van der Waals surface area (Å²) in [5, 5.41) is 11.1. The quantitative estimate of drug-likeness (QED) is 0.457. The van der Waals surface area contributed by atoms with Crippen molar-refractivity contribution in [1.82, 2.24) is 10.9 Å². The average Bonchev–Trinajstić information content (AvgIpc) is 2.94. The number of benzene rings is 2. The van der Waals surface area contributed by atoms with Crippen LogP contribution in [0, 0.1) is 10.1 Å². The third-order valence-electron chi connectivity index (χ3n) is 3.93. The Labute approximate surface area is 158 Å². The van der Waals surface area contributed by atoms with Crippen LogP contribution in [0.3, 0.4) is 0 Å². The summed E-state index contributed by atoms with van der Waals surface area (Å²) >= 11 is 5.80. The van der Waals surface area contributed by atoms with Gasteiger partial charge in [0.1, 0.15) is 6.04 Å². The minimum absolute atomic E-state index is 0.123. The van der Waals surface area contributed by atoms with Crippen molar-refractivity contribution >= 4 is 40.7 Å². The normalized spacial score (nSPS) is 16.5. The molecule has 1 atom stereocenters. The van der Waals surface area contributed by atoms with E-state index < -0.39 is 28.7 Å². The molecule has 0 spiro atoms. The molecule has 1 saturated heterocycles. The van der Waals surface area contributed by atoms with Crippen molar-refractivity contribution in [2.24, 2.45) is 0 Å². The first kappa shape index (κ1) is 18.5. The van der Waals surface area contributed by atoms with E-state index in [-0.39, 0.29) is 17.7 Å². The number of nitro groups is 1. The zero-order valence-corrected chi connectivity index (χ0v) is 14.5. The van der Waals surface area contributed by atoms with Crippen LogP contribution in [0.1, 0.15) is 16.8 Å². The van der Waals surface area contributed by atoms with Crippen LogP contribution in [-0.2, 0) is 9.59 Å². The van der Waals surface area contributed by atoms with Gasteiger partial charge in [0.05, 0.1) is 17.0 Å².